The molecule has 2 atom stereocenters. The van der Waals surface area contributed by atoms with E-state index < -0.39 is 10.0 Å². The van der Waals surface area contributed by atoms with E-state index in [1.807, 2.05) is 12.1 Å². The van der Waals surface area contributed by atoms with E-state index in [2.05, 4.69) is 10.3 Å². The van der Waals surface area contributed by atoms with Crippen molar-refractivity contribution in [1.29, 1.82) is 0 Å². The van der Waals surface area contributed by atoms with E-state index in [-0.39, 0.29) is 16.7 Å². The third-order valence-corrected chi connectivity index (χ3v) is 6.93. The van der Waals surface area contributed by atoms with Crippen molar-refractivity contribution in [2.75, 3.05) is 19.6 Å². The standard InChI is InChI=1S/C17H18ClN3O2S/c18-14-3-5-15(6-4-14)24(22,23)21-10-12-2-1-7-20-17(12)16-9-19-8-13(16)11-21/h1-7,13,16,19H,8-11H2. The van der Waals surface area contributed by atoms with E-state index in [1.165, 1.54) is 0 Å². The number of hydrogen-bond acceptors (Lipinski definition) is 4. The van der Waals surface area contributed by atoms with Crippen LogP contribution in [0.3, 0.4) is 0 Å². The maximum Gasteiger partial charge on any atom is 0.243 e. The van der Waals surface area contributed by atoms with Gasteiger partial charge in [-0.3, -0.25) is 4.98 Å². The molecule has 0 saturated carbocycles. The minimum absolute atomic E-state index is 0.239. The van der Waals surface area contributed by atoms with Crippen LogP contribution < -0.4 is 5.32 Å². The van der Waals surface area contributed by atoms with Crippen molar-refractivity contribution < 1.29 is 8.42 Å². The number of hydrogen-bond donors (Lipinski definition) is 1. The molecule has 1 fully saturated rings. The van der Waals surface area contributed by atoms with Crippen molar-refractivity contribution in [3.63, 3.8) is 0 Å². The van der Waals surface area contributed by atoms with Crippen molar-refractivity contribution in [3.8, 4) is 0 Å². The van der Waals surface area contributed by atoms with Gasteiger partial charge in [-0.15, -0.1) is 0 Å². The van der Waals surface area contributed by atoms with Gasteiger partial charge < -0.3 is 5.32 Å². The number of rotatable bonds is 2. The molecule has 7 heteroatoms. The third kappa shape index (κ3) is 2.73. The second kappa shape index (κ2) is 6.11. The lowest BCUT2D eigenvalue weighted by molar-refractivity contribution is 0.349. The van der Waals surface area contributed by atoms with Crippen LogP contribution in [0.15, 0.2) is 47.5 Å². The number of halogens is 1. The normalized spacial score (nSPS) is 24.2. The summed E-state index contributed by atoms with van der Waals surface area (Å²) in [5.74, 6) is 0.509. The Morgan fingerprint density at radius 3 is 2.75 bits per heavy atom. The molecule has 2 aliphatic heterocycles. The smallest absolute Gasteiger partial charge is 0.243 e. The summed E-state index contributed by atoms with van der Waals surface area (Å²) in [6.07, 6.45) is 1.79. The Balaban J connectivity index is 1.75. The first kappa shape index (κ1) is 16.0. The zero-order chi connectivity index (χ0) is 16.7. The van der Waals surface area contributed by atoms with Gasteiger partial charge in [0.2, 0.25) is 10.0 Å². The molecule has 1 saturated heterocycles. The lowest BCUT2D eigenvalue weighted by atomic mass is 9.91. The number of fused-ring (bicyclic) bond motifs is 3. The summed E-state index contributed by atoms with van der Waals surface area (Å²) < 4.78 is 27.8. The van der Waals surface area contributed by atoms with Gasteiger partial charge in [0.25, 0.3) is 0 Å². The second-order valence-corrected chi connectivity index (χ2v) is 8.70. The molecule has 0 radical (unpaired) electrons. The molecule has 5 nitrogen and oxygen atoms in total. The summed E-state index contributed by atoms with van der Waals surface area (Å²) in [7, 11) is -3.56. The number of aromatic nitrogens is 1. The summed E-state index contributed by atoms with van der Waals surface area (Å²) in [6, 6.07) is 10.2. The molecular formula is C17H18ClN3O2S. The molecule has 1 aromatic carbocycles. The first-order chi connectivity index (χ1) is 11.6. The van der Waals surface area contributed by atoms with E-state index in [1.54, 1.807) is 34.8 Å². The van der Waals surface area contributed by atoms with Crippen LogP contribution in [-0.2, 0) is 16.6 Å². The first-order valence-electron chi connectivity index (χ1n) is 7.96. The molecule has 126 valence electrons. The van der Waals surface area contributed by atoms with Gasteiger partial charge in [0.1, 0.15) is 0 Å². The highest BCUT2D eigenvalue weighted by atomic mass is 35.5. The second-order valence-electron chi connectivity index (χ2n) is 6.32. The summed E-state index contributed by atoms with van der Waals surface area (Å²) in [5, 5.41) is 3.90. The van der Waals surface area contributed by atoms with Gasteiger partial charge in [-0.2, -0.15) is 4.31 Å². The van der Waals surface area contributed by atoms with Crippen LogP contribution in [0.25, 0.3) is 0 Å². The molecule has 1 aromatic heterocycles. The fraction of sp³-hybridized carbons (Fsp3) is 0.353. The molecule has 4 rings (SSSR count). The van der Waals surface area contributed by atoms with Gasteiger partial charge in [-0.05, 0) is 48.4 Å². The van der Waals surface area contributed by atoms with Crippen LogP contribution in [0.4, 0.5) is 0 Å². The van der Waals surface area contributed by atoms with Crippen LogP contribution >= 0.6 is 11.6 Å². The van der Waals surface area contributed by atoms with E-state index in [0.717, 1.165) is 24.3 Å². The maximum atomic E-state index is 13.1. The largest absolute Gasteiger partial charge is 0.316 e. The van der Waals surface area contributed by atoms with E-state index in [9.17, 15) is 8.42 Å². The van der Waals surface area contributed by atoms with Gasteiger partial charge in [0.15, 0.2) is 0 Å². The Labute approximate surface area is 146 Å². The predicted molar refractivity (Wildman–Crippen MR) is 92.4 cm³/mol. The highest BCUT2D eigenvalue weighted by Crippen LogP contribution is 2.35. The molecule has 2 unspecified atom stereocenters. The van der Waals surface area contributed by atoms with Gasteiger partial charge in [0, 0.05) is 42.5 Å². The topological polar surface area (TPSA) is 62.3 Å². The lowest BCUT2D eigenvalue weighted by Gasteiger charge is -2.23. The minimum Gasteiger partial charge on any atom is -0.316 e. The number of pyridine rings is 1. The SMILES string of the molecule is O=S(=O)(c1ccc(Cl)cc1)N1Cc2cccnc2C2CNCC2C1. The van der Waals surface area contributed by atoms with E-state index in [4.69, 9.17) is 11.6 Å². The van der Waals surface area contributed by atoms with Gasteiger partial charge >= 0.3 is 0 Å². The number of sulfonamides is 1. The lowest BCUT2D eigenvalue weighted by Crippen LogP contribution is -2.35. The van der Waals surface area contributed by atoms with Gasteiger partial charge in [-0.1, -0.05) is 17.7 Å². The Kier molecular flexibility index (Phi) is 4.08. The molecule has 3 heterocycles. The molecule has 0 bridgehead atoms. The molecule has 24 heavy (non-hydrogen) atoms. The van der Waals surface area contributed by atoms with Crippen LogP contribution in [0.5, 0.6) is 0 Å². The average Bonchev–Trinajstić information content (AvgIpc) is 2.97. The van der Waals surface area contributed by atoms with Crippen LogP contribution in [0.2, 0.25) is 5.02 Å². The number of nitrogens with zero attached hydrogens (tertiary/aromatic N) is 2. The zero-order valence-corrected chi connectivity index (χ0v) is 14.6. The number of nitrogens with one attached hydrogen (secondary N) is 1. The van der Waals surface area contributed by atoms with Gasteiger partial charge in [-0.25, -0.2) is 8.42 Å². The predicted octanol–water partition coefficient (Wildman–Crippen LogP) is 2.24. The van der Waals surface area contributed by atoms with Crippen molar-refractivity contribution in [2.45, 2.75) is 17.4 Å². The average molecular weight is 364 g/mol. The van der Waals surface area contributed by atoms with Crippen LogP contribution in [-0.4, -0.2) is 37.3 Å². The molecule has 2 aliphatic rings. The van der Waals surface area contributed by atoms with Gasteiger partial charge in [0.05, 0.1) is 4.90 Å². The fourth-order valence-electron chi connectivity index (χ4n) is 3.62. The molecule has 2 aromatic rings. The highest BCUT2D eigenvalue weighted by molar-refractivity contribution is 7.89. The van der Waals surface area contributed by atoms with Crippen LogP contribution in [0.1, 0.15) is 17.2 Å². The number of benzene rings is 1. The van der Waals surface area contributed by atoms with Crippen molar-refractivity contribution in [1.82, 2.24) is 14.6 Å². The third-order valence-electron chi connectivity index (χ3n) is 4.85. The van der Waals surface area contributed by atoms with Crippen molar-refractivity contribution in [3.05, 3.63) is 58.9 Å². The van der Waals surface area contributed by atoms with Crippen LogP contribution in [0, 0.1) is 5.92 Å². The summed E-state index contributed by atoms with van der Waals surface area (Å²) in [4.78, 5) is 4.82. The van der Waals surface area contributed by atoms with E-state index in [0.29, 0.717) is 18.1 Å². The minimum atomic E-state index is -3.56. The Morgan fingerprint density at radius 1 is 1.17 bits per heavy atom. The zero-order valence-electron chi connectivity index (χ0n) is 13.0. The molecular weight excluding hydrogens is 346 g/mol. The molecule has 0 aliphatic carbocycles. The summed E-state index contributed by atoms with van der Waals surface area (Å²) in [6.45, 7) is 2.52. The highest BCUT2D eigenvalue weighted by Gasteiger charge is 2.39. The quantitative estimate of drug-likeness (QED) is 0.888. The van der Waals surface area contributed by atoms with Crippen molar-refractivity contribution >= 4 is 21.6 Å². The molecule has 0 spiro atoms. The molecule has 0 amide bonds. The fourth-order valence-corrected chi connectivity index (χ4v) is 5.22. The maximum absolute atomic E-state index is 13.1. The molecule has 1 N–H and O–H groups in total. The summed E-state index contributed by atoms with van der Waals surface area (Å²) in [5.41, 5.74) is 2.02. The first-order valence-corrected chi connectivity index (χ1v) is 9.78. The Bertz CT molecular complexity index is 854. The van der Waals surface area contributed by atoms with E-state index >= 15 is 0 Å². The monoisotopic (exact) mass is 363 g/mol. The Hall–Kier alpha value is -1.47. The Morgan fingerprint density at radius 2 is 1.96 bits per heavy atom. The summed E-state index contributed by atoms with van der Waals surface area (Å²) >= 11 is 5.89. The van der Waals surface area contributed by atoms with Crippen molar-refractivity contribution in [2.24, 2.45) is 5.92 Å².